The fourth-order valence-corrected chi connectivity index (χ4v) is 2.15. The molecule has 0 unspecified atom stereocenters. The normalized spacial score (nSPS) is 10.5. The molecule has 0 spiro atoms. The monoisotopic (exact) mass is 286 g/mol. The average molecular weight is 287 g/mol. The van der Waals surface area contributed by atoms with Gasteiger partial charge in [-0.15, -0.1) is 0 Å². The first kappa shape index (κ1) is 10.5. The van der Waals surface area contributed by atoms with Gasteiger partial charge in [0.15, 0.2) is 9.83 Å². The Kier molecular flexibility index (Phi) is 3.27. The first-order valence-electron chi connectivity index (χ1n) is 4.15. The molecule has 0 saturated heterocycles. The molecule has 0 aliphatic heterocycles. The van der Waals surface area contributed by atoms with E-state index in [4.69, 9.17) is 4.42 Å². The maximum absolute atomic E-state index is 11.0. The molecule has 0 amide bonds. The number of nitrogens with one attached hydrogen (secondary N) is 1. The molecule has 2 aromatic heterocycles. The van der Waals surface area contributed by atoms with Gasteiger partial charge in [0, 0.05) is 23.6 Å². The van der Waals surface area contributed by atoms with Gasteiger partial charge in [-0.2, -0.15) is 0 Å². The highest BCUT2D eigenvalue weighted by atomic mass is 79.9. The minimum absolute atomic E-state index is 0.138. The van der Waals surface area contributed by atoms with Crippen molar-refractivity contribution in [1.29, 1.82) is 0 Å². The van der Waals surface area contributed by atoms with Crippen LogP contribution in [0.5, 0.6) is 0 Å². The molecule has 2 aromatic rings. The number of nitrogens with zero attached hydrogens (tertiary/aromatic N) is 1. The summed E-state index contributed by atoms with van der Waals surface area (Å²) in [7, 11) is 0. The van der Waals surface area contributed by atoms with Gasteiger partial charge in [0.25, 0.3) is 5.56 Å². The van der Waals surface area contributed by atoms with E-state index in [2.05, 4.69) is 25.9 Å². The van der Waals surface area contributed by atoms with Crippen LogP contribution >= 0.6 is 27.7 Å². The summed E-state index contributed by atoms with van der Waals surface area (Å²) < 4.78 is 5.79. The van der Waals surface area contributed by atoms with E-state index in [1.54, 1.807) is 6.26 Å². The van der Waals surface area contributed by atoms with E-state index in [9.17, 15) is 4.79 Å². The van der Waals surface area contributed by atoms with Crippen molar-refractivity contribution in [3.05, 3.63) is 45.2 Å². The second-order valence-corrected chi connectivity index (χ2v) is 4.53. The summed E-state index contributed by atoms with van der Waals surface area (Å²) in [6, 6.07) is 3.27. The van der Waals surface area contributed by atoms with Crippen molar-refractivity contribution in [1.82, 2.24) is 9.97 Å². The third kappa shape index (κ3) is 2.97. The Bertz CT molecular complexity index is 509. The van der Waals surface area contributed by atoms with E-state index >= 15 is 0 Å². The fraction of sp³-hybridized carbons (Fsp3) is 0.111. The summed E-state index contributed by atoms with van der Waals surface area (Å²) in [6.07, 6.45) is 3.16. The average Bonchev–Trinajstić information content (AvgIpc) is 2.62. The molecule has 2 rings (SSSR count). The van der Waals surface area contributed by atoms with Crippen LogP contribution in [0.4, 0.5) is 0 Å². The van der Waals surface area contributed by atoms with Crippen LogP contribution in [0.1, 0.15) is 5.56 Å². The van der Waals surface area contributed by atoms with Crippen LogP contribution in [0.3, 0.4) is 0 Å². The summed E-state index contributed by atoms with van der Waals surface area (Å²) in [5.74, 6) is 0.710. The number of furan rings is 1. The summed E-state index contributed by atoms with van der Waals surface area (Å²) in [6.45, 7) is 0. The molecule has 15 heavy (non-hydrogen) atoms. The van der Waals surface area contributed by atoms with Gasteiger partial charge in [-0.25, -0.2) is 4.98 Å². The van der Waals surface area contributed by atoms with Crippen molar-refractivity contribution < 1.29 is 4.42 Å². The van der Waals surface area contributed by atoms with E-state index in [0.717, 1.165) is 5.56 Å². The number of thioether (sulfide) groups is 1. The lowest BCUT2D eigenvalue weighted by molar-refractivity contribution is 0.539. The molecular weight excluding hydrogens is 280 g/mol. The van der Waals surface area contributed by atoms with Crippen LogP contribution in [0.25, 0.3) is 0 Å². The summed E-state index contributed by atoms with van der Waals surface area (Å²) >= 11 is 4.67. The number of aromatic nitrogens is 2. The number of hydrogen-bond donors (Lipinski definition) is 1. The molecule has 6 heteroatoms. The van der Waals surface area contributed by atoms with E-state index in [0.29, 0.717) is 15.6 Å². The molecule has 1 N–H and O–H groups in total. The third-order valence-electron chi connectivity index (χ3n) is 1.65. The number of H-pyrrole nitrogens is 1. The van der Waals surface area contributed by atoms with Gasteiger partial charge in [-0.05, 0) is 22.0 Å². The summed E-state index contributed by atoms with van der Waals surface area (Å²) in [5, 5.41) is 0.611. The third-order valence-corrected chi connectivity index (χ3v) is 3.02. The van der Waals surface area contributed by atoms with Crippen LogP contribution in [-0.2, 0) is 5.75 Å². The van der Waals surface area contributed by atoms with Crippen LogP contribution in [-0.4, -0.2) is 9.97 Å². The predicted molar refractivity (Wildman–Crippen MR) is 60.8 cm³/mol. The smallest absolute Gasteiger partial charge is 0.251 e. The lowest BCUT2D eigenvalue weighted by Crippen LogP contribution is -2.05. The molecule has 0 radical (unpaired) electrons. The number of halogens is 1. The molecule has 2 heterocycles. The van der Waals surface area contributed by atoms with Gasteiger partial charge in [-0.1, -0.05) is 11.8 Å². The van der Waals surface area contributed by atoms with E-state index in [-0.39, 0.29) is 5.56 Å². The van der Waals surface area contributed by atoms with Gasteiger partial charge in [-0.3, -0.25) is 4.79 Å². The highest BCUT2D eigenvalue weighted by molar-refractivity contribution is 9.10. The zero-order valence-electron chi connectivity index (χ0n) is 7.57. The van der Waals surface area contributed by atoms with Crippen molar-refractivity contribution in [3.8, 4) is 0 Å². The summed E-state index contributed by atoms with van der Waals surface area (Å²) in [5.41, 5.74) is 0.902. The van der Waals surface area contributed by atoms with E-state index < -0.39 is 0 Å². The standard InChI is InChI=1S/C9H7BrN2O2S/c10-7-3-6(4-14-7)5-15-9-11-2-1-8(13)12-9/h1-4H,5H2,(H,11,12,13). The van der Waals surface area contributed by atoms with Gasteiger partial charge in [0.2, 0.25) is 0 Å². The largest absolute Gasteiger partial charge is 0.457 e. The lowest BCUT2D eigenvalue weighted by Gasteiger charge is -1.96. The van der Waals surface area contributed by atoms with Crippen LogP contribution in [0.2, 0.25) is 0 Å². The Morgan fingerprint density at radius 2 is 2.47 bits per heavy atom. The van der Waals surface area contributed by atoms with Gasteiger partial charge < -0.3 is 9.40 Å². The zero-order valence-corrected chi connectivity index (χ0v) is 9.97. The number of rotatable bonds is 3. The highest BCUT2D eigenvalue weighted by Crippen LogP contribution is 2.21. The molecule has 0 aliphatic carbocycles. The predicted octanol–water partition coefficient (Wildman–Crippen LogP) is 2.42. The van der Waals surface area contributed by atoms with E-state index in [1.807, 2.05) is 6.07 Å². The van der Waals surface area contributed by atoms with Gasteiger partial charge in [0.05, 0.1) is 6.26 Å². The molecule has 78 valence electrons. The molecule has 0 aromatic carbocycles. The second-order valence-electron chi connectivity index (χ2n) is 2.79. The Hall–Kier alpha value is -1.01. The van der Waals surface area contributed by atoms with Crippen molar-refractivity contribution in [3.63, 3.8) is 0 Å². The maximum Gasteiger partial charge on any atom is 0.251 e. The number of aromatic amines is 1. The Morgan fingerprint density at radius 1 is 1.60 bits per heavy atom. The molecule has 0 fully saturated rings. The first-order valence-corrected chi connectivity index (χ1v) is 5.93. The van der Waals surface area contributed by atoms with Gasteiger partial charge in [0.1, 0.15) is 0 Å². The number of hydrogen-bond acceptors (Lipinski definition) is 4. The minimum Gasteiger partial charge on any atom is -0.457 e. The van der Waals surface area contributed by atoms with Crippen molar-refractivity contribution in [2.24, 2.45) is 0 Å². The van der Waals surface area contributed by atoms with Crippen molar-refractivity contribution in [2.45, 2.75) is 10.9 Å². The van der Waals surface area contributed by atoms with Crippen LogP contribution in [0, 0.1) is 0 Å². The fourth-order valence-electron chi connectivity index (χ4n) is 0.999. The Morgan fingerprint density at radius 3 is 3.13 bits per heavy atom. The van der Waals surface area contributed by atoms with E-state index in [1.165, 1.54) is 24.0 Å². The molecule has 0 bridgehead atoms. The van der Waals surface area contributed by atoms with Crippen LogP contribution in [0.15, 0.2) is 43.6 Å². The molecule has 0 aliphatic rings. The second kappa shape index (κ2) is 4.67. The minimum atomic E-state index is -0.138. The first-order chi connectivity index (χ1) is 7.24. The van der Waals surface area contributed by atoms with Crippen LogP contribution < -0.4 is 5.56 Å². The van der Waals surface area contributed by atoms with Crippen molar-refractivity contribution in [2.75, 3.05) is 0 Å². The quantitative estimate of drug-likeness (QED) is 0.695. The molecule has 0 atom stereocenters. The zero-order chi connectivity index (χ0) is 10.7. The molecular formula is C9H7BrN2O2S. The highest BCUT2D eigenvalue weighted by Gasteiger charge is 2.01. The lowest BCUT2D eigenvalue weighted by atomic mass is 10.4. The Balaban J connectivity index is 2.02. The summed E-state index contributed by atoms with van der Waals surface area (Å²) in [4.78, 5) is 17.6. The topological polar surface area (TPSA) is 58.9 Å². The maximum atomic E-state index is 11.0. The Labute approximate surface area is 98.2 Å². The van der Waals surface area contributed by atoms with Crippen molar-refractivity contribution >= 4 is 27.7 Å². The molecule has 0 saturated carbocycles. The molecule has 4 nitrogen and oxygen atoms in total. The van der Waals surface area contributed by atoms with Gasteiger partial charge >= 0.3 is 0 Å². The SMILES string of the molecule is O=c1ccnc(SCc2coc(Br)c2)[nH]1.